The van der Waals surface area contributed by atoms with Crippen molar-refractivity contribution in [2.75, 3.05) is 20.1 Å². The van der Waals surface area contributed by atoms with Crippen molar-refractivity contribution in [3.05, 3.63) is 35.6 Å². The van der Waals surface area contributed by atoms with Crippen molar-refractivity contribution < 1.29 is 9.18 Å². The summed E-state index contributed by atoms with van der Waals surface area (Å²) in [6.45, 7) is 1.64. The van der Waals surface area contributed by atoms with E-state index in [0.717, 1.165) is 13.0 Å². The highest BCUT2D eigenvalue weighted by atomic mass is 19.1. The summed E-state index contributed by atoms with van der Waals surface area (Å²) in [7, 11) is 1.73. The Morgan fingerprint density at radius 2 is 2.22 bits per heavy atom. The van der Waals surface area contributed by atoms with Gasteiger partial charge in [-0.3, -0.25) is 4.79 Å². The molecule has 1 atom stereocenters. The highest BCUT2D eigenvalue weighted by molar-refractivity contribution is 5.94. The Bertz CT molecular complexity index is 416. The topological polar surface area (TPSA) is 32.3 Å². The molecule has 98 valence electrons. The van der Waals surface area contributed by atoms with Gasteiger partial charge in [-0.25, -0.2) is 4.39 Å². The standard InChI is InChI=1S/C14H19FN2O/c1-17(10-11-6-4-5-9-16-11)14(18)12-7-2-3-8-13(12)15/h2-3,7-8,11,16H,4-6,9-10H2,1H3. The van der Waals surface area contributed by atoms with Gasteiger partial charge in [0.2, 0.25) is 0 Å². The summed E-state index contributed by atoms with van der Waals surface area (Å²) in [6.07, 6.45) is 3.47. The van der Waals surface area contributed by atoms with E-state index in [-0.39, 0.29) is 11.5 Å². The zero-order valence-corrected chi connectivity index (χ0v) is 10.7. The zero-order valence-electron chi connectivity index (χ0n) is 10.7. The maximum Gasteiger partial charge on any atom is 0.256 e. The van der Waals surface area contributed by atoms with E-state index >= 15 is 0 Å². The second kappa shape index (κ2) is 5.96. The molecule has 1 aromatic rings. The number of carbonyl (C=O) groups is 1. The zero-order chi connectivity index (χ0) is 13.0. The monoisotopic (exact) mass is 250 g/mol. The van der Waals surface area contributed by atoms with E-state index in [1.165, 1.54) is 25.0 Å². The van der Waals surface area contributed by atoms with Gasteiger partial charge in [0.25, 0.3) is 5.91 Å². The summed E-state index contributed by atoms with van der Waals surface area (Å²) in [4.78, 5) is 13.7. The molecule has 1 aliphatic heterocycles. The van der Waals surface area contributed by atoms with Crippen LogP contribution in [0.2, 0.25) is 0 Å². The number of likely N-dealkylation sites (N-methyl/N-ethyl adjacent to an activating group) is 1. The van der Waals surface area contributed by atoms with Crippen molar-refractivity contribution in [3.8, 4) is 0 Å². The number of nitrogens with one attached hydrogen (secondary N) is 1. The van der Waals surface area contributed by atoms with Crippen LogP contribution in [0, 0.1) is 5.82 Å². The minimum absolute atomic E-state index is 0.149. The molecule has 1 saturated heterocycles. The molecule has 0 aliphatic carbocycles. The second-order valence-electron chi connectivity index (χ2n) is 4.81. The van der Waals surface area contributed by atoms with Crippen molar-refractivity contribution in [1.82, 2.24) is 10.2 Å². The molecular formula is C14H19FN2O. The van der Waals surface area contributed by atoms with Gasteiger partial charge in [-0.05, 0) is 31.5 Å². The fourth-order valence-corrected chi connectivity index (χ4v) is 2.33. The van der Waals surface area contributed by atoms with Gasteiger partial charge in [-0.1, -0.05) is 18.6 Å². The first-order valence-corrected chi connectivity index (χ1v) is 6.42. The SMILES string of the molecule is CN(CC1CCCCN1)C(=O)c1ccccc1F. The molecule has 1 aromatic carbocycles. The molecule has 0 saturated carbocycles. The molecule has 0 radical (unpaired) electrons. The van der Waals surface area contributed by atoms with E-state index in [1.807, 2.05) is 0 Å². The Hall–Kier alpha value is -1.42. The summed E-state index contributed by atoms with van der Waals surface area (Å²) in [5.41, 5.74) is 0.149. The third-order valence-electron chi connectivity index (χ3n) is 3.36. The fraction of sp³-hybridized carbons (Fsp3) is 0.500. The Morgan fingerprint density at radius 1 is 1.44 bits per heavy atom. The number of piperidine rings is 1. The molecule has 18 heavy (non-hydrogen) atoms. The van der Waals surface area contributed by atoms with E-state index in [2.05, 4.69) is 5.32 Å². The van der Waals surface area contributed by atoms with Crippen molar-refractivity contribution >= 4 is 5.91 Å². The predicted octanol–water partition coefficient (Wildman–Crippen LogP) is 2.04. The lowest BCUT2D eigenvalue weighted by molar-refractivity contribution is 0.0770. The lowest BCUT2D eigenvalue weighted by Gasteiger charge is -2.28. The predicted molar refractivity (Wildman–Crippen MR) is 69.0 cm³/mol. The van der Waals surface area contributed by atoms with Gasteiger partial charge in [-0.15, -0.1) is 0 Å². The lowest BCUT2D eigenvalue weighted by atomic mass is 10.0. The number of amides is 1. The number of carbonyl (C=O) groups excluding carboxylic acids is 1. The molecule has 1 N–H and O–H groups in total. The Balaban J connectivity index is 1.98. The van der Waals surface area contributed by atoms with Gasteiger partial charge >= 0.3 is 0 Å². The lowest BCUT2D eigenvalue weighted by Crippen LogP contribution is -2.44. The Morgan fingerprint density at radius 3 is 2.89 bits per heavy atom. The maximum absolute atomic E-state index is 13.5. The minimum atomic E-state index is -0.453. The summed E-state index contributed by atoms with van der Waals surface area (Å²) < 4.78 is 13.5. The fourth-order valence-electron chi connectivity index (χ4n) is 2.33. The quantitative estimate of drug-likeness (QED) is 0.890. The Kier molecular flexibility index (Phi) is 4.31. The third kappa shape index (κ3) is 3.07. The molecule has 1 fully saturated rings. The number of hydrogen-bond acceptors (Lipinski definition) is 2. The van der Waals surface area contributed by atoms with Gasteiger partial charge < -0.3 is 10.2 Å². The van der Waals surface area contributed by atoms with Crippen LogP contribution in [-0.4, -0.2) is 37.0 Å². The summed E-state index contributed by atoms with van der Waals surface area (Å²) in [5.74, 6) is -0.702. The highest BCUT2D eigenvalue weighted by Gasteiger charge is 2.20. The molecule has 2 rings (SSSR count). The Labute approximate surface area is 107 Å². The molecule has 4 heteroatoms. The van der Waals surface area contributed by atoms with E-state index in [0.29, 0.717) is 12.6 Å². The van der Waals surface area contributed by atoms with Gasteiger partial charge in [0.05, 0.1) is 5.56 Å². The number of benzene rings is 1. The average molecular weight is 250 g/mol. The van der Waals surface area contributed by atoms with E-state index in [4.69, 9.17) is 0 Å². The van der Waals surface area contributed by atoms with Crippen LogP contribution in [0.4, 0.5) is 4.39 Å². The maximum atomic E-state index is 13.5. The number of hydrogen-bond donors (Lipinski definition) is 1. The smallest absolute Gasteiger partial charge is 0.256 e. The largest absolute Gasteiger partial charge is 0.340 e. The molecule has 1 amide bonds. The molecule has 1 heterocycles. The molecule has 3 nitrogen and oxygen atoms in total. The van der Waals surface area contributed by atoms with Crippen LogP contribution in [0.3, 0.4) is 0 Å². The van der Waals surface area contributed by atoms with Crippen LogP contribution in [-0.2, 0) is 0 Å². The molecule has 1 aliphatic rings. The van der Waals surface area contributed by atoms with E-state index < -0.39 is 5.82 Å². The van der Waals surface area contributed by atoms with Gasteiger partial charge in [0.1, 0.15) is 5.82 Å². The molecule has 1 unspecified atom stereocenters. The van der Waals surface area contributed by atoms with Crippen LogP contribution < -0.4 is 5.32 Å². The van der Waals surface area contributed by atoms with Crippen molar-refractivity contribution in [3.63, 3.8) is 0 Å². The second-order valence-corrected chi connectivity index (χ2v) is 4.81. The number of rotatable bonds is 3. The van der Waals surface area contributed by atoms with Crippen molar-refractivity contribution in [1.29, 1.82) is 0 Å². The van der Waals surface area contributed by atoms with Crippen LogP contribution in [0.25, 0.3) is 0 Å². The summed E-state index contributed by atoms with van der Waals surface area (Å²) in [5, 5.41) is 3.38. The van der Waals surface area contributed by atoms with Crippen LogP contribution in [0.5, 0.6) is 0 Å². The van der Waals surface area contributed by atoms with Crippen LogP contribution in [0.15, 0.2) is 24.3 Å². The first kappa shape index (κ1) is 13.0. The van der Waals surface area contributed by atoms with Gasteiger partial charge in [0.15, 0.2) is 0 Å². The number of halogens is 1. The average Bonchev–Trinajstić information content (AvgIpc) is 2.39. The third-order valence-corrected chi connectivity index (χ3v) is 3.36. The van der Waals surface area contributed by atoms with Gasteiger partial charge in [-0.2, -0.15) is 0 Å². The summed E-state index contributed by atoms with van der Waals surface area (Å²) >= 11 is 0. The molecular weight excluding hydrogens is 231 g/mol. The molecule has 0 spiro atoms. The van der Waals surface area contributed by atoms with Crippen molar-refractivity contribution in [2.45, 2.75) is 25.3 Å². The number of nitrogens with zero attached hydrogens (tertiary/aromatic N) is 1. The highest BCUT2D eigenvalue weighted by Crippen LogP contribution is 2.12. The summed E-state index contributed by atoms with van der Waals surface area (Å²) in [6, 6.07) is 6.46. The first-order valence-electron chi connectivity index (χ1n) is 6.42. The van der Waals surface area contributed by atoms with Crippen LogP contribution >= 0.6 is 0 Å². The normalized spacial score (nSPS) is 19.6. The minimum Gasteiger partial charge on any atom is -0.340 e. The van der Waals surface area contributed by atoms with E-state index in [1.54, 1.807) is 24.1 Å². The molecule has 0 aromatic heterocycles. The van der Waals surface area contributed by atoms with Gasteiger partial charge in [0, 0.05) is 19.6 Å². The van der Waals surface area contributed by atoms with Crippen LogP contribution in [0.1, 0.15) is 29.6 Å². The first-order chi connectivity index (χ1) is 8.68. The molecule has 0 bridgehead atoms. The van der Waals surface area contributed by atoms with E-state index in [9.17, 15) is 9.18 Å². The van der Waals surface area contributed by atoms with Crippen molar-refractivity contribution in [2.24, 2.45) is 0 Å².